The fourth-order valence-electron chi connectivity index (χ4n) is 3.48. The molecule has 0 atom stereocenters. The molecule has 1 saturated heterocycles. The van der Waals surface area contributed by atoms with Gasteiger partial charge in [-0.25, -0.2) is 0 Å². The van der Waals surface area contributed by atoms with Gasteiger partial charge in [-0.1, -0.05) is 26.8 Å². The molecule has 0 aromatic carbocycles. The van der Waals surface area contributed by atoms with Crippen molar-refractivity contribution in [2.45, 2.75) is 53.0 Å². The van der Waals surface area contributed by atoms with Gasteiger partial charge < -0.3 is 4.90 Å². The summed E-state index contributed by atoms with van der Waals surface area (Å²) >= 11 is 0. The number of hydrogen-bond acceptors (Lipinski definition) is 3. The Balaban J connectivity index is 1.72. The van der Waals surface area contributed by atoms with Crippen LogP contribution in [0.25, 0.3) is 11.4 Å². The number of nitrogens with zero attached hydrogens (tertiary/aromatic N) is 4. The summed E-state index contributed by atoms with van der Waals surface area (Å²) in [5, 5.41) is 4.34. The number of piperidine rings is 1. The first-order valence-corrected chi connectivity index (χ1v) is 9.18. The Morgan fingerprint density at radius 3 is 2.56 bits per heavy atom. The van der Waals surface area contributed by atoms with Gasteiger partial charge in [-0.15, -0.1) is 0 Å². The van der Waals surface area contributed by atoms with Crippen molar-refractivity contribution in [3.63, 3.8) is 0 Å². The number of hydrogen-bond donors (Lipinski definition) is 0. The minimum atomic E-state index is -0.302. The molecule has 3 heterocycles. The van der Waals surface area contributed by atoms with Crippen molar-refractivity contribution in [3.05, 3.63) is 36.2 Å². The summed E-state index contributed by atoms with van der Waals surface area (Å²) in [5.41, 5.74) is 2.86. The molecule has 0 spiro atoms. The van der Waals surface area contributed by atoms with Crippen molar-refractivity contribution >= 4 is 5.91 Å². The van der Waals surface area contributed by atoms with E-state index in [0.717, 1.165) is 49.6 Å². The number of aryl methyl sites for hydroxylation is 1. The third-order valence-corrected chi connectivity index (χ3v) is 4.89. The van der Waals surface area contributed by atoms with E-state index >= 15 is 0 Å². The van der Waals surface area contributed by atoms with Gasteiger partial charge in [0.1, 0.15) is 0 Å². The minimum Gasteiger partial charge on any atom is -0.342 e. The topological polar surface area (TPSA) is 51.0 Å². The van der Waals surface area contributed by atoms with Crippen LogP contribution in [0.15, 0.2) is 30.5 Å². The maximum atomic E-state index is 12.4. The van der Waals surface area contributed by atoms with Gasteiger partial charge in [-0.05, 0) is 38.0 Å². The van der Waals surface area contributed by atoms with Gasteiger partial charge in [-0.2, -0.15) is 5.10 Å². The highest BCUT2D eigenvalue weighted by atomic mass is 16.2. The summed E-state index contributed by atoms with van der Waals surface area (Å²) < 4.78 is 1.97. The van der Waals surface area contributed by atoms with Gasteiger partial charge >= 0.3 is 0 Å². The van der Waals surface area contributed by atoms with Crippen LogP contribution in [0.1, 0.15) is 52.1 Å². The molecule has 2 aromatic rings. The highest BCUT2D eigenvalue weighted by Gasteiger charge is 2.31. The lowest BCUT2D eigenvalue weighted by molar-refractivity contribution is -0.140. The highest BCUT2D eigenvalue weighted by Crippen LogP contribution is 2.30. The molecule has 0 unspecified atom stereocenters. The van der Waals surface area contributed by atoms with Crippen molar-refractivity contribution in [1.29, 1.82) is 0 Å². The number of carbonyl (C=O) groups excluding carboxylic acids is 1. The van der Waals surface area contributed by atoms with Crippen LogP contribution >= 0.6 is 0 Å². The second-order valence-electron chi connectivity index (χ2n) is 7.80. The standard InChI is InChI=1S/C20H28N4O/c1-5-24-18(9-12-21-24)17-8-6-7-16(22-17)15-10-13-23(14-11-15)19(25)20(2,3)4/h6-9,12,15H,5,10-11,13-14H2,1-4H3. The van der Waals surface area contributed by atoms with Crippen molar-refractivity contribution < 1.29 is 4.79 Å². The first kappa shape index (κ1) is 17.6. The van der Waals surface area contributed by atoms with Crippen molar-refractivity contribution in [2.24, 2.45) is 5.41 Å². The van der Waals surface area contributed by atoms with Gasteiger partial charge in [0.15, 0.2) is 0 Å². The molecule has 0 bridgehead atoms. The Labute approximate surface area is 150 Å². The van der Waals surface area contributed by atoms with E-state index in [1.807, 2.05) is 48.7 Å². The molecule has 25 heavy (non-hydrogen) atoms. The molecule has 134 valence electrons. The van der Waals surface area contributed by atoms with Gasteiger partial charge in [0.05, 0.1) is 11.4 Å². The zero-order valence-electron chi connectivity index (χ0n) is 15.7. The monoisotopic (exact) mass is 340 g/mol. The Morgan fingerprint density at radius 1 is 1.20 bits per heavy atom. The van der Waals surface area contributed by atoms with E-state index in [1.165, 1.54) is 0 Å². The molecule has 5 nitrogen and oxygen atoms in total. The molecule has 0 N–H and O–H groups in total. The van der Waals surface area contributed by atoms with Gasteiger partial charge in [0, 0.05) is 42.9 Å². The van der Waals surface area contributed by atoms with E-state index in [2.05, 4.69) is 24.2 Å². The van der Waals surface area contributed by atoms with Crippen LogP contribution in [-0.2, 0) is 11.3 Å². The molecule has 0 saturated carbocycles. The fraction of sp³-hybridized carbons (Fsp3) is 0.550. The maximum absolute atomic E-state index is 12.4. The van der Waals surface area contributed by atoms with Crippen molar-refractivity contribution in [1.82, 2.24) is 19.7 Å². The van der Waals surface area contributed by atoms with E-state index in [4.69, 9.17) is 4.98 Å². The number of amides is 1. The first-order valence-electron chi connectivity index (χ1n) is 9.18. The van der Waals surface area contributed by atoms with Gasteiger partial charge in [-0.3, -0.25) is 14.5 Å². The lowest BCUT2D eigenvalue weighted by Crippen LogP contribution is -2.43. The number of rotatable bonds is 3. The Kier molecular flexibility index (Phi) is 4.93. The van der Waals surface area contributed by atoms with E-state index < -0.39 is 0 Å². The molecular weight excluding hydrogens is 312 g/mol. The smallest absolute Gasteiger partial charge is 0.227 e. The zero-order chi connectivity index (χ0) is 18.0. The van der Waals surface area contributed by atoms with E-state index in [9.17, 15) is 4.79 Å². The first-order chi connectivity index (χ1) is 11.9. The molecule has 1 fully saturated rings. The van der Waals surface area contributed by atoms with Crippen LogP contribution in [0.5, 0.6) is 0 Å². The molecular formula is C20H28N4O. The quantitative estimate of drug-likeness (QED) is 0.856. The second-order valence-corrected chi connectivity index (χ2v) is 7.80. The third-order valence-electron chi connectivity index (χ3n) is 4.89. The van der Waals surface area contributed by atoms with Crippen LogP contribution < -0.4 is 0 Å². The molecule has 1 amide bonds. The normalized spacial score (nSPS) is 16.2. The summed E-state index contributed by atoms with van der Waals surface area (Å²) in [5.74, 6) is 0.668. The minimum absolute atomic E-state index is 0.250. The summed E-state index contributed by atoms with van der Waals surface area (Å²) in [7, 11) is 0. The maximum Gasteiger partial charge on any atom is 0.227 e. The van der Waals surface area contributed by atoms with Crippen molar-refractivity contribution in [3.8, 4) is 11.4 Å². The van der Waals surface area contributed by atoms with E-state index in [0.29, 0.717) is 5.92 Å². The van der Waals surface area contributed by atoms with Gasteiger partial charge in [0.25, 0.3) is 0 Å². The predicted octanol–water partition coefficient (Wildman–Crippen LogP) is 3.72. The zero-order valence-corrected chi connectivity index (χ0v) is 15.7. The molecule has 3 rings (SSSR count). The van der Waals surface area contributed by atoms with Crippen LogP contribution in [-0.4, -0.2) is 38.7 Å². The van der Waals surface area contributed by atoms with Gasteiger partial charge in [0.2, 0.25) is 5.91 Å². The lowest BCUT2D eigenvalue weighted by Gasteiger charge is -2.35. The van der Waals surface area contributed by atoms with Crippen LogP contribution in [0.4, 0.5) is 0 Å². The fourth-order valence-corrected chi connectivity index (χ4v) is 3.48. The van der Waals surface area contributed by atoms with Crippen molar-refractivity contribution in [2.75, 3.05) is 13.1 Å². The average molecular weight is 340 g/mol. The predicted molar refractivity (Wildman–Crippen MR) is 99.1 cm³/mol. The average Bonchev–Trinajstić information content (AvgIpc) is 3.09. The Hall–Kier alpha value is -2.17. The molecule has 1 aliphatic rings. The number of pyridine rings is 1. The number of likely N-dealkylation sites (tertiary alicyclic amines) is 1. The van der Waals surface area contributed by atoms with E-state index in [-0.39, 0.29) is 11.3 Å². The highest BCUT2D eigenvalue weighted by molar-refractivity contribution is 5.81. The summed E-state index contributed by atoms with van der Waals surface area (Å²) in [4.78, 5) is 19.4. The molecule has 1 aliphatic heterocycles. The van der Waals surface area contributed by atoms with Crippen LogP contribution in [0.2, 0.25) is 0 Å². The SMILES string of the molecule is CCn1nccc1-c1cccc(C2CCN(C(=O)C(C)(C)C)CC2)n1. The Morgan fingerprint density at radius 2 is 1.92 bits per heavy atom. The second kappa shape index (κ2) is 6.98. The number of aromatic nitrogens is 3. The van der Waals surface area contributed by atoms with Crippen LogP contribution in [0.3, 0.4) is 0 Å². The Bertz CT molecular complexity index is 736. The molecule has 2 aromatic heterocycles. The lowest BCUT2D eigenvalue weighted by atomic mass is 9.89. The molecule has 5 heteroatoms. The molecule has 0 aliphatic carbocycles. The third kappa shape index (κ3) is 3.75. The largest absolute Gasteiger partial charge is 0.342 e. The summed E-state index contributed by atoms with van der Waals surface area (Å²) in [6.45, 7) is 10.5. The summed E-state index contributed by atoms with van der Waals surface area (Å²) in [6.07, 6.45) is 3.78. The molecule has 0 radical (unpaired) electrons. The number of carbonyl (C=O) groups is 1. The van der Waals surface area contributed by atoms with E-state index in [1.54, 1.807) is 0 Å². The van der Waals surface area contributed by atoms with Crippen LogP contribution in [0, 0.1) is 5.41 Å². The summed E-state index contributed by atoms with van der Waals surface area (Å²) in [6, 6.07) is 8.25.